The molecule has 1 aromatic carbocycles. The molecule has 1 aromatic heterocycles. The first kappa shape index (κ1) is 11.8. The number of benzene rings is 1. The maximum absolute atomic E-state index is 5.52. The Morgan fingerprint density at radius 2 is 1.82 bits per heavy atom. The van der Waals surface area contributed by atoms with Crippen molar-refractivity contribution in [1.29, 1.82) is 0 Å². The summed E-state index contributed by atoms with van der Waals surface area (Å²) >= 11 is 0. The zero-order valence-corrected chi connectivity index (χ0v) is 10.6. The van der Waals surface area contributed by atoms with Gasteiger partial charge in [-0.1, -0.05) is 22.9 Å². The van der Waals surface area contributed by atoms with Crippen molar-refractivity contribution in [3.05, 3.63) is 46.3 Å². The Labute approximate surface area is 101 Å². The summed E-state index contributed by atoms with van der Waals surface area (Å²) in [5.41, 5.74) is 11.5. The number of hydrogen-bond donors (Lipinski definition) is 1. The molecule has 17 heavy (non-hydrogen) atoms. The van der Waals surface area contributed by atoms with E-state index in [2.05, 4.69) is 43.2 Å². The highest BCUT2D eigenvalue weighted by atomic mass is 15.4. The molecule has 0 unspecified atom stereocenters. The number of aryl methyl sites for hydroxylation is 3. The van der Waals surface area contributed by atoms with Gasteiger partial charge in [-0.15, -0.1) is 5.10 Å². The molecule has 0 spiro atoms. The zero-order chi connectivity index (χ0) is 12.4. The molecule has 2 aromatic rings. The van der Waals surface area contributed by atoms with Crippen LogP contribution in [0.5, 0.6) is 0 Å². The quantitative estimate of drug-likeness (QED) is 0.873. The minimum atomic E-state index is 0.436. The number of hydrogen-bond acceptors (Lipinski definition) is 3. The molecule has 2 N–H and O–H groups in total. The Balaban J connectivity index is 2.29. The highest BCUT2D eigenvalue weighted by Gasteiger charge is 2.06. The van der Waals surface area contributed by atoms with Crippen molar-refractivity contribution >= 4 is 0 Å². The third kappa shape index (κ3) is 2.53. The number of rotatable bonds is 3. The number of nitrogens with zero attached hydrogens (tertiary/aromatic N) is 3. The molecule has 0 saturated carbocycles. The molecule has 0 atom stereocenters. The highest BCUT2D eigenvalue weighted by molar-refractivity contribution is 5.37. The predicted octanol–water partition coefficient (Wildman–Crippen LogP) is 1.71. The van der Waals surface area contributed by atoms with Crippen LogP contribution in [0.3, 0.4) is 0 Å². The van der Waals surface area contributed by atoms with E-state index in [4.69, 9.17) is 5.73 Å². The highest BCUT2D eigenvalue weighted by Crippen LogP contribution is 2.17. The summed E-state index contributed by atoms with van der Waals surface area (Å²) in [5, 5.41) is 8.07. The summed E-state index contributed by atoms with van der Waals surface area (Å²) in [6.07, 6.45) is 1.90. The van der Waals surface area contributed by atoms with Gasteiger partial charge in [-0.3, -0.25) is 0 Å². The molecule has 0 radical (unpaired) electrons. The van der Waals surface area contributed by atoms with Crippen molar-refractivity contribution in [3.63, 3.8) is 0 Å². The first-order chi connectivity index (χ1) is 8.10. The molecule has 0 saturated heterocycles. The SMILES string of the molecule is Cc1cc(C)c(Cn2cc(CN)nn2)c(C)c1. The first-order valence-corrected chi connectivity index (χ1v) is 5.76. The van der Waals surface area contributed by atoms with Crippen LogP contribution in [0.4, 0.5) is 0 Å². The van der Waals surface area contributed by atoms with Crippen molar-refractivity contribution in [2.24, 2.45) is 5.73 Å². The fourth-order valence-corrected chi connectivity index (χ4v) is 2.13. The number of aromatic nitrogens is 3. The minimum absolute atomic E-state index is 0.436. The molecule has 90 valence electrons. The average Bonchev–Trinajstić information content (AvgIpc) is 2.71. The Bertz CT molecular complexity index is 505. The lowest BCUT2D eigenvalue weighted by Gasteiger charge is -2.10. The van der Waals surface area contributed by atoms with E-state index in [9.17, 15) is 0 Å². The van der Waals surface area contributed by atoms with Crippen molar-refractivity contribution < 1.29 is 0 Å². The van der Waals surface area contributed by atoms with Gasteiger partial charge >= 0.3 is 0 Å². The Hall–Kier alpha value is -1.68. The molecule has 0 fully saturated rings. The maximum atomic E-state index is 5.52. The molecule has 0 bridgehead atoms. The second-order valence-electron chi connectivity index (χ2n) is 4.49. The molecule has 0 aliphatic carbocycles. The second-order valence-corrected chi connectivity index (χ2v) is 4.49. The molecule has 0 aliphatic heterocycles. The summed E-state index contributed by atoms with van der Waals surface area (Å²) < 4.78 is 1.84. The van der Waals surface area contributed by atoms with Gasteiger partial charge in [0.2, 0.25) is 0 Å². The summed E-state index contributed by atoms with van der Waals surface area (Å²) in [4.78, 5) is 0. The zero-order valence-electron chi connectivity index (χ0n) is 10.6. The van der Waals surface area contributed by atoms with Gasteiger partial charge in [-0.25, -0.2) is 4.68 Å². The molecular weight excluding hydrogens is 212 g/mol. The van der Waals surface area contributed by atoms with E-state index in [1.54, 1.807) is 0 Å². The normalized spacial score (nSPS) is 10.8. The lowest BCUT2D eigenvalue weighted by Crippen LogP contribution is -2.05. The van der Waals surface area contributed by atoms with Gasteiger partial charge in [0.25, 0.3) is 0 Å². The van der Waals surface area contributed by atoms with Crippen LogP contribution in [0.25, 0.3) is 0 Å². The lowest BCUT2D eigenvalue weighted by atomic mass is 10.00. The molecule has 1 heterocycles. The van der Waals surface area contributed by atoms with Gasteiger partial charge in [0.15, 0.2) is 0 Å². The van der Waals surface area contributed by atoms with Crippen LogP contribution in [-0.2, 0) is 13.1 Å². The van der Waals surface area contributed by atoms with Gasteiger partial charge in [-0.2, -0.15) is 0 Å². The summed E-state index contributed by atoms with van der Waals surface area (Å²) in [6.45, 7) is 7.58. The van der Waals surface area contributed by atoms with E-state index in [1.165, 1.54) is 22.3 Å². The van der Waals surface area contributed by atoms with Crippen molar-refractivity contribution in [2.75, 3.05) is 0 Å². The van der Waals surface area contributed by atoms with Crippen LogP contribution in [0, 0.1) is 20.8 Å². The van der Waals surface area contributed by atoms with Gasteiger partial charge in [0.1, 0.15) is 0 Å². The molecule has 0 amide bonds. The summed E-state index contributed by atoms with van der Waals surface area (Å²) in [7, 11) is 0. The number of nitrogens with two attached hydrogens (primary N) is 1. The minimum Gasteiger partial charge on any atom is -0.325 e. The van der Waals surface area contributed by atoms with Crippen LogP contribution in [0.15, 0.2) is 18.3 Å². The molecule has 2 rings (SSSR count). The third-order valence-corrected chi connectivity index (χ3v) is 2.96. The summed E-state index contributed by atoms with van der Waals surface area (Å²) in [6, 6.07) is 4.40. The molecule has 0 aliphatic rings. The van der Waals surface area contributed by atoms with Crippen molar-refractivity contribution in [3.8, 4) is 0 Å². The van der Waals surface area contributed by atoms with Gasteiger partial charge in [-0.05, 0) is 37.5 Å². The Morgan fingerprint density at radius 3 is 2.35 bits per heavy atom. The maximum Gasteiger partial charge on any atom is 0.0962 e. The fourth-order valence-electron chi connectivity index (χ4n) is 2.13. The second kappa shape index (κ2) is 4.67. The monoisotopic (exact) mass is 230 g/mol. The molecular formula is C13H18N4. The Morgan fingerprint density at radius 1 is 1.18 bits per heavy atom. The van der Waals surface area contributed by atoms with E-state index in [0.29, 0.717) is 6.54 Å². The molecule has 4 heteroatoms. The van der Waals surface area contributed by atoms with Crippen molar-refractivity contribution in [2.45, 2.75) is 33.9 Å². The van der Waals surface area contributed by atoms with Crippen LogP contribution in [0.1, 0.15) is 27.9 Å². The van der Waals surface area contributed by atoms with Crippen molar-refractivity contribution in [1.82, 2.24) is 15.0 Å². The van der Waals surface area contributed by atoms with E-state index in [1.807, 2.05) is 10.9 Å². The van der Waals surface area contributed by atoms with Gasteiger partial charge in [0.05, 0.1) is 18.4 Å². The topological polar surface area (TPSA) is 56.7 Å². The van der Waals surface area contributed by atoms with E-state index >= 15 is 0 Å². The van der Waals surface area contributed by atoms with Crippen LogP contribution in [0.2, 0.25) is 0 Å². The third-order valence-electron chi connectivity index (χ3n) is 2.96. The van der Waals surface area contributed by atoms with E-state index in [0.717, 1.165) is 12.2 Å². The fraction of sp³-hybridized carbons (Fsp3) is 0.385. The van der Waals surface area contributed by atoms with E-state index < -0.39 is 0 Å². The summed E-state index contributed by atoms with van der Waals surface area (Å²) in [5.74, 6) is 0. The largest absolute Gasteiger partial charge is 0.325 e. The first-order valence-electron chi connectivity index (χ1n) is 5.76. The molecule has 4 nitrogen and oxygen atoms in total. The van der Waals surface area contributed by atoms with Gasteiger partial charge in [0, 0.05) is 6.54 Å². The van der Waals surface area contributed by atoms with Crippen LogP contribution < -0.4 is 5.73 Å². The predicted molar refractivity (Wildman–Crippen MR) is 67.7 cm³/mol. The van der Waals surface area contributed by atoms with E-state index in [-0.39, 0.29) is 0 Å². The van der Waals surface area contributed by atoms with Crippen LogP contribution in [-0.4, -0.2) is 15.0 Å². The standard InChI is InChI=1S/C13H18N4/c1-9-4-10(2)13(11(3)5-9)8-17-7-12(6-14)15-16-17/h4-5,7H,6,8,14H2,1-3H3. The Kier molecular flexibility index (Phi) is 3.24. The lowest BCUT2D eigenvalue weighted by molar-refractivity contribution is 0.644. The smallest absolute Gasteiger partial charge is 0.0962 e. The van der Waals surface area contributed by atoms with Gasteiger partial charge < -0.3 is 5.73 Å². The average molecular weight is 230 g/mol. The van der Waals surface area contributed by atoms with Crippen LogP contribution >= 0.6 is 0 Å².